The Kier molecular flexibility index (Phi) is 4.56. The molecule has 0 atom stereocenters. The van der Waals surface area contributed by atoms with Crippen LogP contribution in [0.2, 0.25) is 0 Å². The van der Waals surface area contributed by atoms with Crippen molar-refractivity contribution >= 4 is 5.91 Å². The first-order chi connectivity index (χ1) is 9.61. The molecule has 0 bridgehead atoms. The average molecular weight is 274 g/mol. The van der Waals surface area contributed by atoms with Gasteiger partial charge < -0.3 is 9.47 Å². The van der Waals surface area contributed by atoms with Crippen molar-refractivity contribution < 1.29 is 9.18 Å². The lowest BCUT2D eigenvalue weighted by molar-refractivity contribution is 0.0739. The van der Waals surface area contributed by atoms with Crippen LogP contribution in [0.4, 0.5) is 4.39 Å². The molecule has 0 aliphatic heterocycles. The summed E-state index contributed by atoms with van der Waals surface area (Å²) in [5.74, 6) is -0.515. The number of rotatable bonds is 5. The number of aryl methyl sites for hydroxylation is 1. The van der Waals surface area contributed by atoms with Crippen LogP contribution in [-0.2, 0) is 13.6 Å². The summed E-state index contributed by atoms with van der Waals surface area (Å²) >= 11 is 0. The first-order valence-electron chi connectivity index (χ1n) is 6.77. The Morgan fingerprint density at radius 3 is 2.70 bits per heavy atom. The van der Waals surface area contributed by atoms with Crippen LogP contribution in [0.25, 0.3) is 0 Å². The molecular weight excluding hydrogens is 255 g/mol. The third kappa shape index (κ3) is 3.26. The monoisotopic (exact) mass is 274 g/mol. The van der Waals surface area contributed by atoms with E-state index in [2.05, 4.69) is 0 Å². The van der Waals surface area contributed by atoms with Crippen molar-refractivity contribution in [2.45, 2.75) is 19.9 Å². The lowest BCUT2D eigenvalue weighted by atomic mass is 10.2. The minimum atomic E-state index is -0.383. The Bertz CT molecular complexity index is 592. The predicted octanol–water partition coefficient (Wildman–Crippen LogP) is 3.22. The highest BCUT2D eigenvalue weighted by atomic mass is 19.1. The topological polar surface area (TPSA) is 25.2 Å². The Balaban J connectivity index is 2.20. The second-order valence-electron chi connectivity index (χ2n) is 4.85. The lowest BCUT2D eigenvalue weighted by Gasteiger charge is -2.22. The van der Waals surface area contributed by atoms with Crippen molar-refractivity contribution in [3.63, 3.8) is 0 Å². The third-order valence-electron chi connectivity index (χ3n) is 3.26. The van der Waals surface area contributed by atoms with Crippen molar-refractivity contribution in [2.24, 2.45) is 7.05 Å². The summed E-state index contributed by atoms with van der Waals surface area (Å²) in [4.78, 5) is 14.2. The zero-order valence-corrected chi connectivity index (χ0v) is 11.8. The van der Waals surface area contributed by atoms with Gasteiger partial charge in [-0.2, -0.15) is 0 Å². The highest BCUT2D eigenvalue weighted by Gasteiger charge is 2.16. The van der Waals surface area contributed by atoms with Crippen molar-refractivity contribution in [3.05, 3.63) is 59.7 Å². The van der Waals surface area contributed by atoms with Crippen LogP contribution in [0.5, 0.6) is 0 Å². The second-order valence-corrected chi connectivity index (χ2v) is 4.85. The third-order valence-corrected chi connectivity index (χ3v) is 3.26. The molecule has 1 aromatic heterocycles. The van der Waals surface area contributed by atoms with Crippen LogP contribution >= 0.6 is 0 Å². The van der Waals surface area contributed by atoms with E-state index in [0.29, 0.717) is 18.7 Å². The van der Waals surface area contributed by atoms with E-state index in [-0.39, 0.29) is 11.7 Å². The van der Waals surface area contributed by atoms with E-state index in [1.165, 1.54) is 12.1 Å². The highest BCUT2D eigenvalue weighted by molar-refractivity contribution is 5.94. The van der Waals surface area contributed by atoms with E-state index in [9.17, 15) is 9.18 Å². The summed E-state index contributed by atoms with van der Waals surface area (Å²) in [5.41, 5.74) is 1.45. The molecule has 2 rings (SSSR count). The number of carbonyl (C=O) groups is 1. The molecule has 0 saturated carbocycles. The van der Waals surface area contributed by atoms with Gasteiger partial charge in [0.05, 0.1) is 6.54 Å². The predicted molar refractivity (Wildman–Crippen MR) is 76.8 cm³/mol. The molecule has 1 amide bonds. The molecule has 0 fully saturated rings. The Morgan fingerprint density at radius 2 is 2.10 bits per heavy atom. The number of benzene rings is 1. The number of hydrogen-bond acceptors (Lipinski definition) is 1. The van der Waals surface area contributed by atoms with Gasteiger partial charge in [0.25, 0.3) is 5.91 Å². The highest BCUT2D eigenvalue weighted by Crippen LogP contribution is 2.12. The summed E-state index contributed by atoms with van der Waals surface area (Å²) in [6.07, 6.45) is 2.82. The smallest absolute Gasteiger partial charge is 0.254 e. The summed E-state index contributed by atoms with van der Waals surface area (Å²) in [5, 5.41) is 0. The summed E-state index contributed by atoms with van der Waals surface area (Å²) in [6.45, 7) is 3.21. The molecule has 4 heteroatoms. The summed E-state index contributed by atoms with van der Waals surface area (Å²) in [6, 6.07) is 9.79. The van der Waals surface area contributed by atoms with Crippen LogP contribution < -0.4 is 0 Å². The molecule has 0 N–H and O–H groups in total. The summed E-state index contributed by atoms with van der Waals surface area (Å²) in [7, 11) is 1.95. The van der Waals surface area contributed by atoms with Crippen LogP contribution in [0, 0.1) is 5.82 Å². The molecule has 1 aromatic carbocycles. The fraction of sp³-hybridized carbons (Fsp3) is 0.312. The standard InChI is InChI=1S/C16H19FN2O/c1-3-9-19(12-15-8-5-10-18(15)2)16(20)13-6-4-7-14(17)11-13/h4-8,10-11H,3,9,12H2,1-2H3. The zero-order chi connectivity index (χ0) is 14.5. The lowest BCUT2D eigenvalue weighted by Crippen LogP contribution is -2.32. The molecule has 106 valence electrons. The second kappa shape index (κ2) is 6.37. The average Bonchev–Trinajstić information content (AvgIpc) is 2.83. The first-order valence-corrected chi connectivity index (χ1v) is 6.77. The van der Waals surface area contributed by atoms with Gasteiger partial charge >= 0.3 is 0 Å². The maximum Gasteiger partial charge on any atom is 0.254 e. The van der Waals surface area contributed by atoms with Crippen LogP contribution in [0.3, 0.4) is 0 Å². The van der Waals surface area contributed by atoms with Crippen LogP contribution in [0.15, 0.2) is 42.6 Å². The molecule has 0 radical (unpaired) electrons. The maximum absolute atomic E-state index is 13.2. The van der Waals surface area contributed by atoms with Gasteiger partial charge in [-0.15, -0.1) is 0 Å². The van der Waals surface area contributed by atoms with Crippen LogP contribution in [-0.4, -0.2) is 21.9 Å². The number of amides is 1. The molecule has 20 heavy (non-hydrogen) atoms. The fourth-order valence-electron chi connectivity index (χ4n) is 2.18. The minimum absolute atomic E-state index is 0.132. The minimum Gasteiger partial charge on any atom is -0.353 e. The maximum atomic E-state index is 13.2. The van der Waals surface area contributed by atoms with Gasteiger partial charge in [0.2, 0.25) is 0 Å². The number of halogens is 1. The van der Waals surface area contributed by atoms with E-state index in [0.717, 1.165) is 12.1 Å². The van der Waals surface area contributed by atoms with Gasteiger partial charge in [0, 0.05) is 31.0 Å². The number of aromatic nitrogens is 1. The largest absolute Gasteiger partial charge is 0.353 e. The first kappa shape index (κ1) is 14.3. The van der Waals surface area contributed by atoms with Crippen molar-refractivity contribution in [2.75, 3.05) is 6.54 Å². The SMILES string of the molecule is CCCN(Cc1cccn1C)C(=O)c1cccc(F)c1. The van der Waals surface area contributed by atoms with Crippen molar-refractivity contribution in [1.82, 2.24) is 9.47 Å². The molecule has 0 aliphatic carbocycles. The fourth-order valence-corrected chi connectivity index (χ4v) is 2.18. The molecule has 0 spiro atoms. The molecule has 1 heterocycles. The van der Waals surface area contributed by atoms with Gasteiger partial charge in [0.1, 0.15) is 5.82 Å². The van der Waals surface area contributed by atoms with E-state index in [1.807, 2.05) is 36.9 Å². The zero-order valence-electron chi connectivity index (χ0n) is 11.8. The van der Waals surface area contributed by atoms with Crippen molar-refractivity contribution in [3.8, 4) is 0 Å². The van der Waals surface area contributed by atoms with Gasteiger partial charge in [0.15, 0.2) is 0 Å². The molecule has 0 unspecified atom stereocenters. The van der Waals surface area contributed by atoms with Gasteiger partial charge in [-0.3, -0.25) is 4.79 Å². The normalized spacial score (nSPS) is 10.6. The van der Waals surface area contributed by atoms with Crippen molar-refractivity contribution in [1.29, 1.82) is 0 Å². The number of carbonyl (C=O) groups excluding carboxylic acids is 1. The Morgan fingerprint density at radius 1 is 1.30 bits per heavy atom. The molecule has 3 nitrogen and oxygen atoms in total. The Labute approximate surface area is 118 Å². The summed E-state index contributed by atoms with van der Waals surface area (Å²) < 4.78 is 15.2. The molecule has 0 aliphatic rings. The Hall–Kier alpha value is -2.10. The molecule has 0 saturated heterocycles. The van der Waals surface area contributed by atoms with Gasteiger partial charge in [-0.25, -0.2) is 4.39 Å². The van der Waals surface area contributed by atoms with Gasteiger partial charge in [-0.05, 0) is 36.8 Å². The van der Waals surface area contributed by atoms with Crippen LogP contribution in [0.1, 0.15) is 29.4 Å². The van der Waals surface area contributed by atoms with E-state index in [4.69, 9.17) is 0 Å². The van der Waals surface area contributed by atoms with E-state index in [1.54, 1.807) is 17.0 Å². The molecular formula is C16H19FN2O. The van der Waals surface area contributed by atoms with Gasteiger partial charge in [-0.1, -0.05) is 13.0 Å². The number of nitrogens with zero attached hydrogens (tertiary/aromatic N) is 2. The quantitative estimate of drug-likeness (QED) is 0.822. The number of hydrogen-bond donors (Lipinski definition) is 0. The molecule has 2 aromatic rings. The van der Waals surface area contributed by atoms with E-state index >= 15 is 0 Å². The van der Waals surface area contributed by atoms with E-state index < -0.39 is 0 Å².